The first kappa shape index (κ1) is 14.9. The maximum absolute atomic E-state index is 5.89. The molecule has 0 saturated heterocycles. The van der Waals surface area contributed by atoms with Crippen LogP contribution in [0.4, 0.5) is 0 Å². The Morgan fingerprint density at radius 1 is 0.714 bits per heavy atom. The fraction of sp³-hybridized carbons (Fsp3) is 0.222. The van der Waals surface area contributed by atoms with E-state index in [0.717, 1.165) is 25.3 Å². The average Bonchev–Trinajstić information content (AvgIpc) is 2.51. The van der Waals surface area contributed by atoms with E-state index in [9.17, 15) is 0 Å². The summed E-state index contributed by atoms with van der Waals surface area (Å²) in [7, 11) is -1.11. The lowest BCUT2D eigenvalue weighted by Crippen LogP contribution is -1.93. The first-order valence-corrected chi connectivity index (χ1v) is 11.0. The molecule has 0 aliphatic rings. The van der Waals surface area contributed by atoms with Gasteiger partial charge in [0.2, 0.25) is 0 Å². The molecule has 3 aromatic rings. The van der Waals surface area contributed by atoms with Crippen LogP contribution in [0.2, 0.25) is 6.04 Å². The van der Waals surface area contributed by atoms with E-state index in [1.54, 1.807) is 0 Å². The molecular formula is C18H17Cl2Si. The standard InChI is InChI=1S/C18H17Cl2Si/c19-21(20)13-4-3-7-14-8-5-10-18-16-9-2-1-6-15(16)11-12-17(14)18/h1-2,5-6,8-12H,3-4,7,13H2. The molecule has 0 fully saturated rings. The van der Waals surface area contributed by atoms with Crippen LogP contribution in [0.5, 0.6) is 0 Å². The van der Waals surface area contributed by atoms with Crippen LogP contribution in [-0.4, -0.2) is 7.42 Å². The second-order valence-electron chi connectivity index (χ2n) is 5.34. The van der Waals surface area contributed by atoms with Crippen molar-refractivity contribution in [2.45, 2.75) is 25.3 Å². The highest BCUT2D eigenvalue weighted by atomic mass is 35.7. The third-order valence-corrected chi connectivity index (χ3v) is 5.80. The Balaban J connectivity index is 1.91. The summed E-state index contributed by atoms with van der Waals surface area (Å²) in [5, 5.41) is 5.37. The summed E-state index contributed by atoms with van der Waals surface area (Å²) in [6.45, 7) is 0. The van der Waals surface area contributed by atoms with Gasteiger partial charge in [0.15, 0.2) is 0 Å². The van der Waals surface area contributed by atoms with Gasteiger partial charge >= 0.3 is 0 Å². The fourth-order valence-corrected chi connectivity index (χ4v) is 4.22. The largest absolute Gasteiger partial charge is 0.273 e. The molecule has 0 unspecified atom stereocenters. The van der Waals surface area contributed by atoms with Gasteiger partial charge in [0.1, 0.15) is 0 Å². The summed E-state index contributed by atoms with van der Waals surface area (Å²) >= 11 is 11.8. The molecule has 0 amide bonds. The van der Waals surface area contributed by atoms with Crippen LogP contribution in [0.3, 0.4) is 0 Å². The van der Waals surface area contributed by atoms with Gasteiger partial charge in [-0.05, 0) is 46.0 Å². The van der Waals surface area contributed by atoms with Crippen molar-refractivity contribution in [2.24, 2.45) is 0 Å². The summed E-state index contributed by atoms with van der Waals surface area (Å²) in [4.78, 5) is 0. The van der Waals surface area contributed by atoms with E-state index >= 15 is 0 Å². The second-order valence-corrected chi connectivity index (χ2v) is 9.84. The van der Waals surface area contributed by atoms with Crippen LogP contribution in [-0.2, 0) is 6.42 Å². The molecule has 0 N–H and O–H groups in total. The number of aryl methyl sites for hydroxylation is 1. The van der Waals surface area contributed by atoms with Gasteiger partial charge in [0.25, 0.3) is 7.42 Å². The predicted octanol–water partition coefficient (Wildman–Crippen LogP) is 6.28. The summed E-state index contributed by atoms with van der Waals surface area (Å²) in [5.41, 5.74) is 1.43. The van der Waals surface area contributed by atoms with Gasteiger partial charge in [0, 0.05) is 0 Å². The molecule has 21 heavy (non-hydrogen) atoms. The van der Waals surface area contributed by atoms with E-state index in [0.29, 0.717) is 0 Å². The van der Waals surface area contributed by atoms with E-state index < -0.39 is 7.42 Å². The van der Waals surface area contributed by atoms with Crippen LogP contribution >= 0.6 is 22.2 Å². The van der Waals surface area contributed by atoms with Crippen molar-refractivity contribution < 1.29 is 0 Å². The van der Waals surface area contributed by atoms with Crippen molar-refractivity contribution >= 4 is 51.1 Å². The molecule has 1 radical (unpaired) electrons. The molecule has 0 aliphatic heterocycles. The Bertz CT molecular complexity index is 752. The van der Waals surface area contributed by atoms with Crippen LogP contribution < -0.4 is 0 Å². The van der Waals surface area contributed by atoms with Gasteiger partial charge in [0.05, 0.1) is 0 Å². The van der Waals surface area contributed by atoms with Gasteiger partial charge in [-0.3, -0.25) is 0 Å². The Hall–Kier alpha value is -1.02. The summed E-state index contributed by atoms with van der Waals surface area (Å²) in [5.74, 6) is 0. The number of fused-ring (bicyclic) bond motifs is 3. The molecule has 107 valence electrons. The normalized spacial score (nSPS) is 11.6. The lowest BCUT2D eigenvalue weighted by Gasteiger charge is -2.09. The van der Waals surface area contributed by atoms with Crippen molar-refractivity contribution in [3.63, 3.8) is 0 Å². The third kappa shape index (κ3) is 3.42. The van der Waals surface area contributed by atoms with E-state index in [1.165, 1.54) is 27.1 Å². The van der Waals surface area contributed by atoms with Gasteiger partial charge in [-0.2, -0.15) is 0 Å². The van der Waals surface area contributed by atoms with Crippen molar-refractivity contribution in [1.29, 1.82) is 0 Å². The van der Waals surface area contributed by atoms with Crippen LogP contribution in [0, 0.1) is 0 Å². The average molecular weight is 332 g/mol. The Kier molecular flexibility index (Phi) is 4.84. The third-order valence-electron chi connectivity index (χ3n) is 3.94. The van der Waals surface area contributed by atoms with Gasteiger partial charge < -0.3 is 0 Å². The lowest BCUT2D eigenvalue weighted by molar-refractivity contribution is 0.796. The van der Waals surface area contributed by atoms with Crippen molar-refractivity contribution in [3.05, 3.63) is 60.2 Å². The maximum Gasteiger partial charge on any atom is 0.273 e. The molecule has 3 heteroatoms. The summed E-state index contributed by atoms with van der Waals surface area (Å²) < 4.78 is 0. The second kappa shape index (κ2) is 6.82. The topological polar surface area (TPSA) is 0 Å². The zero-order chi connectivity index (χ0) is 14.7. The number of hydrogen-bond donors (Lipinski definition) is 0. The monoisotopic (exact) mass is 331 g/mol. The van der Waals surface area contributed by atoms with E-state index in [2.05, 4.69) is 54.6 Å². The Labute approximate surface area is 136 Å². The fourth-order valence-electron chi connectivity index (χ4n) is 2.90. The minimum atomic E-state index is -1.11. The minimum absolute atomic E-state index is 0.974. The molecule has 0 heterocycles. The molecule has 0 atom stereocenters. The molecule has 3 rings (SSSR count). The zero-order valence-electron chi connectivity index (χ0n) is 11.8. The zero-order valence-corrected chi connectivity index (χ0v) is 14.3. The van der Waals surface area contributed by atoms with Gasteiger partial charge in [-0.15, -0.1) is 22.2 Å². The highest BCUT2D eigenvalue weighted by molar-refractivity contribution is 7.33. The SMILES string of the molecule is Cl[Si](Cl)CCCCc1cccc2c1ccc1ccccc12. The van der Waals surface area contributed by atoms with Gasteiger partial charge in [-0.25, -0.2) is 0 Å². The highest BCUT2D eigenvalue weighted by Crippen LogP contribution is 2.28. The molecule has 0 aromatic heterocycles. The molecule has 0 nitrogen and oxygen atoms in total. The highest BCUT2D eigenvalue weighted by Gasteiger charge is 2.06. The number of unbranched alkanes of at least 4 members (excludes halogenated alkanes) is 1. The van der Waals surface area contributed by atoms with Crippen molar-refractivity contribution in [1.82, 2.24) is 0 Å². The molecular weight excluding hydrogens is 315 g/mol. The summed E-state index contributed by atoms with van der Waals surface area (Å²) in [6.07, 6.45) is 3.36. The minimum Gasteiger partial charge on any atom is -0.147 e. The van der Waals surface area contributed by atoms with Crippen LogP contribution in [0.15, 0.2) is 54.6 Å². The Morgan fingerprint density at radius 2 is 1.52 bits per heavy atom. The first-order chi connectivity index (χ1) is 10.3. The lowest BCUT2D eigenvalue weighted by atomic mass is 9.96. The summed E-state index contributed by atoms with van der Waals surface area (Å²) in [6, 6.07) is 20.7. The van der Waals surface area contributed by atoms with Crippen molar-refractivity contribution in [2.75, 3.05) is 0 Å². The van der Waals surface area contributed by atoms with E-state index in [4.69, 9.17) is 22.2 Å². The Morgan fingerprint density at radius 3 is 2.38 bits per heavy atom. The molecule has 3 aromatic carbocycles. The van der Waals surface area contributed by atoms with E-state index in [-0.39, 0.29) is 0 Å². The maximum atomic E-state index is 5.89. The molecule has 0 aliphatic carbocycles. The number of halogens is 2. The van der Waals surface area contributed by atoms with E-state index in [1.807, 2.05) is 0 Å². The quantitative estimate of drug-likeness (QED) is 0.223. The molecule has 0 saturated carbocycles. The first-order valence-electron chi connectivity index (χ1n) is 7.32. The van der Waals surface area contributed by atoms with Gasteiger partial charge in [-0.1, -0.05) is 61.0 Å². The molecule has 0 bridgehead atoms. The number of rotatable bonds is 5. The molecule has 0 spiro atoms. The van der Waals surface area contributed by atoms with Crippen LogP contribution in [0.1, 0.15) is 18.4 Å². The smallest absolute Gasteiger partial charge is 0.147 e. The number of hydrogen-bond acceptors (Lipinski definition) is 0. The predicted molar refractivity (Wildman–Crippen MR) is 96.7 cm³/mol. The van der Waals surface area contributed by atoms with Crippen LogP contribution in [0.25, 0.3) is 21.5 Å². The number of benzene rings is 3. The van der Waals surface area contributed by atoms with Crippen molar-refractivity contribution in [3.8, 4) is 0 Å².